The fourth-order valence-corrected chi connectivity index (χ4v) is 2.69. The van der Waals surface area contributed by atoms with Crippen molar-refractivity contribution in [1.82, 2.24) is 0 Å². The molecule has 2 aromatic rings. The van der Waals surface area contributed by atoms with E-state index in [2.05, 4.69) is 0 Å². The summed E-state index contributed by atoms with van der Waals surface area (Å²) in [6.07, 6.45) is 2.04. The Labute approximate surface area is 152 Å². The molecule has 0 saturated carbocycles. The van der Waals surface area contributed by atoms with Crippen molar-refractivity contribution in [1.29, 1.82) is 0 Å². The third kappa shape index (κ3) is 5.43. The second-order valence-corrected chi connectivity index (χ2v) is 6.51. The van der Waals surface area contributed by atoms with Crippen LogP contribution in [0.5, 0.6) is 11.5 Å². The Morgan fingerprint density at radius 1 is 1.08 bits per heavy atom. The molecule has 24 heavy (non-hydrogen) atoms. The normalized spacial score (nSPS) is 10.7. The van der Waals surface area contributed by atoms with E-state index >= 15 is 0 Å². The molecule has 0 amide bonds. The van der Waals surface area contributed by atoms with Gasteiger partial charge in [0.2, 0.25) is 0 Å². The fraction of sp³-hybridized carbons (Fsp3) is 0.316. The molecule has 5 heteroatoms. The van der Waals surface area contributed by atoms with Crippen molar-refractivity contribution in [2.75, 3.05) is 0 Å². The highest BCUT2D eigenvalue weighted by Crippen LogP contribution is 2.29. The van der Waals surface area contributed by atoms with Crippen LogP contribution in [0.1, 0.15) is 31.4 Å². The average Bonchev–Trinajstić information content (AvgIpc) is 2.52. The van der Waals surface area contributed by atoms with E-state index in [0.717, 1.165) is 23.2 Å². The maximum Gasteiger partial charge on any atom is 0.126 e. The number of hydrogen-bond donors (Lipinski definition) is 0. The number of benzene rings is 2. The maximum atomic E-state index is 10.7. The molecular formula is C19H20Cl2O3. The Balaban J connectivity index is 2.19. The monoisotopic (exact) mass is 366 g/mol. The summed E-state index contributed by atoms with van der Waals surface area (Å²) >= 11 is 12.1. The molecule has 0 spiro atoms. The first-order chi connectivity index (χ1) is 11.5. The Kier molecular flexibility index (Phi) is 6.95. The van der Waals surface area contributed by atoms with Gasteiger partial charge >= 0.3 is 0 Å². The molecule has 2 aromatic carbocycles. The van der Waals surface area contributed by atoms with Crippen LogP contribution in [-0.2, 0) is 17.8 Å². The Bertz CT molecular complexity index is 699. The van der Waals surface area contributed by atoms with E-state index in [0.29, 0.717) is 35.2 Å². The molecule has 0 aromatic heterocycles. The number of hydrogen-bond acceptors (Lipinski definition) is 3. The zero-order valence-electron chi connectivity index (χ0n) is 13.7. The van der Waals surface area contributed by atoms with E-state index in [1.807, 2.05) is 38.1 Å². The number of rotatable bonds is 8. The van der Waals surface area contributed by atoms with Crippen molar-refractivity contribution in [3.05, 3.63) is 57.6 Å². The summed E-state index contributed by atoms with van der Waals surface area (Å²) in [5.74, 6) is 1.43. The molecule has 2 rings (SSSR count). The second kappa shape index (κ2) is 8.95. The molecule has 0 N–H and O–H groups in total. The molecule has 0 fully saturated rings. The molecule has 0 aliphatic heterocycles. The predicted molar refractivity (Wildman–Crippen MR) is 97.4 cm³/mol. The van der Waals surface area contributed by atoms with E-state index in [1.165, 1.54) is 0 Å². The number of ether oxygens (including phenoxy) is 2. The van der Waals surface area contributed by atoms with Gasteiger partial charge in [-0.3, -0.25) is 0 Å². The summed E-state index contributed by atoms with van der Waals surface area (Å²) in [5, 5.41) is 1.15. The van der Waals surface area contributed by atoms with Gasteiger partial charge in [0, 0.05) is 28.1 Å². The SMILES string of the molecule is CC(C)Oc1ccc(CCC=O)c(OCc2ccc(Cl)cc2Cl)c1. The highest BCUT2D eigenvalue weighted by molar-refractivity contribution is 6.35. The van der Waals surface area contributed by atoms with Gasteiger partial charge in [0.05, 0.1) is 6.10 Å². The molecule has 0 saturated heterocycles. The van der Waals surface area contributed by atoms with Crippen LogP contribution in [0.25, 0.3) is 0 Å². The molecule has 3 nitrogen and oxygen atoms in total. The molecule has 0 heterocycles. The van der Waals surface area contributed by atoms with Gasteiger partial charge in [-0.25, -0.2) is 0 Å². The van der Waals surface area contributed by atoms with Gasteiger partial charge in [-0.05, 0) is 44.0 Å². The third-order valence-corrected chi connectivity index (χ3v) is 3.93. The minimum atomic E-state index is 0.0735. The van der Waals surface area contributed by atoms with Crippen LogP contribution < -0.4 is 9.47 Å². The molecule has 0 atom stereocenters. The zero-order chi connectivity index (χ0) is 17.5. The lowest BCUT2D eigenvalue weighted by Crippen LogP contribution is -2.06. The highest BCUT2D eigenvalue weighted by atomic mass is 35.5. The van der Waals surface area contributed by atoms with Gasteiger partial charge in [-0.15, -0.1) is 0 Å². The highest BCUT2D eigenvalue weighted by Gasteiger charge is 2.09. The lowest BCUT2D eigenvalue weighted by Gasteiger charge is -2.15. The van der Waals surface area contributed by atoms with E-state index in [4.69, 9.17) is 32.7 Å². The van der Waals surface area contributed by atoms with E-state index in [1.54, 1.807) is 12.1 Å². The zero-order valence-corrected chi connectivity index (χ0v) is 15.2. The van der Waals surface area contributed by atoms with E-state index < -0.39 is 0 Å². The number of carbonyl (C=O) groups excluding carboxylic acids is 1. The quantitative estimate of drug-likeness (QED) is 0.579. The lowest BCUT2D eigenvalue weighted by atomic mass is 10.1. The molecule has 0 radical (unpaired) electrons. The Hall–Kier alpha value is -1.71. The standard InChI is InChI=1S/C19H20Cl2O3/c1-13(2)24-17-8-6-14(4-3-9-22)19(11-17)23-12-15-5-7-16(20)10-18(15)21/h5-11,13H,3-4,12H2,1-2H3. The van der Waals surface area contributed by atoms with Gasteiger partial charge in [0.1, 0.15) is 24.4 Å². The molecule has 0 unspecified atom stereocenters. The van der Waals surface area contributed by atoms with Crippen molar-refractivity contribution < 1.29 is 14.3 Å². The summed E-state index contributed by atoms with van der Waals surface area (Å²) in [4.78, 5) is 10.7. The van der Waals surface area contributed by atoms with Crippen LogP contribution in [0, 0.1) is 0 Å². The third-order valence-electron chi connectivity index (χ3n) is 3.34. The van der Waals surface area contributed by atoms with Crippen molar-refractivity contribution in [3.8, 4) is 11.5 Å². The minimum Gasteiger partial charge on any atom is -0.491 e. The van der Waals surface area contributed by atoms with Gasteiger partial charge in [-0.1, -0.05) is 35.3 Å². The minimum absolute atomic E-state index is 0.0735. The smallest absolute Gasteiger partial charge is 0.126 e. The van der Waals surface area contributed by atoms with Gasteiger partial charge in [0.15, 0.2) is 0 Å². The lowest BCUT2D eigenvalue weighted by molar-refractivity contribution is -0.107. The second-order valence-electron chi connectivity index (χ2n) is 5.67. The summed E-state index contributed by atoms with van der Waals surface area (Å²) < 4.78 is 11.7. The van der Waals surface area contributed by atoms with Crippen LogP contribution >= 0.6 is 23.2 Å². The molecule has 0 aliphatic rings. The summed E-state index contributed by atoms with van der Waals surface area (Å²) in [6, 6.07) is 11.0. The van der Waals surface area contributed by atoms with Crippen LogP contribution in [0.3, 0.4) is 0 Å². The van der Waals surface area contributed by atoms with Crippen LogP contribution in [-0.4, -0.2) is 12.4 Å². The summed E-state index contributed by atoms with van der Waals surface area (Å²) in [7, 11) is 0. The maximum absolute atomic E-state index is 10.7. The molecular weight excluding hydrogens is 347 g/mol. The van der Waals surface area contributed by atoms with E-state index in [-0.39, 0.29) is 6.10 Å². The van der Waals surface area contributed by atoms with Crippen molar-refractivity contribution in [2.45, 2.75) is 39.4 Å². The van der Waals surface area contributed by atoms with Gasteiger partial charge in [-0.2, -0.15) is 0 Å². The first-order valence-electron chi connectivity index (χ1n) is 7.79. The van der Waals surface area contributed by atoms with Crippen LogP contribution in [0.15, 0.2) is 36.4 Å². The van der Waals surface area contributed by atoms with Crippen LogP contribution in [0.2, 0.25) is 10.0 Å². The number of aldehydes is 1. The van der Waals surface area contributed by atoms with Gasteiger partial charge in [0.25, 0.3) is 0 Å². The Morgan fingerprint density at radius 3 is 2.50 bits per heavy atom. The molecule has 128 valence electrons. The van der Waals surface area contributed by atoms with Crippen LogP contribution in [0.4, 0.5) is 0 Å². The number of halogens is 2. The van der Waals surface area contributed by atoms with Crippen molar-refractivity contribution in [2.24, 2.45) is 0 Å². The fourth-order valence-electron chi connectivity index (χ4n) is 2.23. The van der Waals surface area contributed by atoms with Gasteiger partial charge < -0.3 is 14.3 Å². The molecule has 0 aliphatic carbocycles. The Morgan fingerprint density at radius 2 is 1.83 bits per heavy atom. The predicted octanol–water partition coefficient (Wildman–Crippen LogP) is 5.49. The summed E-state index contributed by atoms with van der Waals surface area (Å²) in [6.45, 7) is 4.25. The topological polar surface area (TPSA) is 35.5 Å². The largest absolute Gasteiger partial charge is 0.491 e. The van der Waals surface area contributed by atoms with E-state index in [9.17, 15) is 4.79 Å². The van der Waals surface area contributed by atoms with Crippen molar-refractivity contribution in [3.63, 3.8) is 0 Å². The first-order valence-corrected chi connectivity index (χ1v) is 8.55. The number of aryl methyl sites for hydroxylation is 1. The van der Waals surface area contributed by atoms with Crippen molar-refractivity contribution >= 4 is 29.5 Å². The average molecular weight is 367 g/mol. The summed E-state index contributed by atoms with van der Waals surface area (Å²) in [5.41, 5.74) is 1.81. The first kappa shape index (κ1) is 18.6. The number of carbonyl (C=O) groups is 1. The molecule has 0 bridgehead atoms.